The molecule has 2 rings (SSSR count). The zero-order valence-electron chi connectivity index (χ0n) is 8.63. The normalized spacial score (nSPS) is 11.5. The lowest BCUT2D eigenvalue weighted by molar-refractivity contribution is -0.130. The summed E-state index contributed by atoms with van der Waals surface area (Å²) in [7, 11) is 0. The first kappa shape index (κ1) is 11.8. The molecule has 0 aliphatic rings. The standard InChI is InChI=1S/C12H8ClNO2S/c13-9-3-1-2-8(6-9)10(12(15)16)7-11-14-4-5-17-11/h1-7H,(H,15,16)/b10-7+. The van der Waals surface area contributed by atoms with Gasteiger partial charge in [0.25, 0.3) is 0 Å². The summed E-state index contributed by atoms with van der Waals surface area (Å²) in [4.78, 5) is 15.2. The van der Waals surface area contributed by atoms with Gasteiger partial charge in [0.1, 0.15) is 5.01 Å². The quantitative estimate of drug-likeness (QED) is 0.865. The Kier molecular flexibility index (Phi) is 3.56. The molecule has 0 saturated heterocycles. The predicted molar refractivity (Wildman–Crippen MR) is 69.1 cm³/mol. The summed E-state index contributed by atoms with van der Waals surface area (Å²) in [6.07, 6.45) is 3.17. The third-order valence-electron chi connectivity index (χ3n) is 2.09. The monoisotopic (exact) mass is 265 g/mol. The molecule has 1 N–H and O–H groups in total. The third-order valence-corrected chi connectivity index (χ3v) is 3.04. The summed E-state index contributed by atoms with van der Waals surface area (Å²) >= 11 is 7.23. The minimum Gasteiger partial charge on any atom is -0.478 e. The molecule has 0 amide bonds. The number of carbonyl (C=O) groups is 1. The van der Waals surface area contributed by atoms with Gasteiger partial charge in [-0.05, 0) is 23.8 Å². The number of aliphatic carboxylic acids is 1. The highest BCUT2D eigenvalue weighted by atomic mass is 35.5. The molecule has 0 radical (unpaired) electrons. The van der Waals surface area contributed by atoms with Gasteiger partial charge in [-0.3, -0.25) is 0 Å². The van der Waals surface area contributed by atoms with E-state index in [-0.39, 0.29) is 5.57 Å². The fourth-order valence-electron chi connectivity index (χ4n) is 1.35. The summed E-state index contributed by atoms with van der Waals surface area (Å²) in [5, 5.41) is 12.1. The fourth-order valence-corrected chi connectivity index (χ4v) is 2.11. The van der Waals surface area contributed by atoms with E-state index in [0.717, 1.165) is 0 Å². The van der Waals surface area contributed by atoms with E-state index < -0.39 is 5.97 Å². The molecule has 5 heteroatoms. The first-order valence-corrected chi connectivity index (χ1v) is 6.03. The first-order chi connectivity index (χ1) is 8.16. The van der Waals surface area contributed by atoms with E-state index in [9.17, 15) is 9.90 Å². The number of halogens is 1. The van der Waals surface area contributed by atoms with Crippen LogP contribution in [0.1, 0.15) is 10.6 Å². The highest BCUT2D eigenvalue weighted by Crippen LogP contribution is 2.22. The maximum Gasteiger partial charge on any atom is 0.336 e. The van der Waals surface area contributed by atoms with Crippen molar-refractivity contribution in [3.8, 4) is 0 Å². The second-order valence-corrected chi connectivity index (χ2v) is 4.61. The van der Waals surface area contributed by atoms with Gasteiger partial charge < -0.3 is 5.11 Å². The van der Waals surface area contributed by atoms with Crippen molar-refractivity contribution in [2.45, 2.75) is 0 Å². The number of thiazole rings is 1. The van der Waals surface area contributed by atoms with Crippen molar-refractivity contribution < 1.29 is 9.90 Å². The second kappa shape index (κ2) is 5.12. The van der Waals surface area contributed by atoms with Crippen LogP contribution >= 0.6 is 22.9 Å². The number of rotatable bonds is 3. The number of hydrogen-bond donors (Lipinski definition) is 1. The van der Waals surface area contributed by atoms with Gasteiger partial charge in [0.05, 0.1) is 5.57 Å². The Labute approximate surface area is 107 Å². The van der Waals surface area contributed by atoms with E-state index in [1.807, 2.05) is 0 Å². The molecule has 3 nitrogen and oxygen atoms in total. The SMILES string of the molecule is O=C(O)/C(=C/c1nccs1)c1cccc(Cl)c1. The van der Waals surface area contributed by atoms with Crippen molar-refractivity contribution in [3.05, 3.63) is 51.4 Å². The van der Waals surface area contributed by atoms with Crippen molar-refractivity contribution in [2.75, 3.05) is 0 Å². The topological polar surface area (TPSA) is 50.2 Å². The van der Waals surface area contributed by atoms with Gasteiger partial charge in [-0.15, -0.1) is 11.3 Å². The highest BCUT2D eigenvalue weighted by Gasteiger charge is 2.11. The van der Waals surface area contributed by atoms with Crippen LogP contribution in [0.4, 0.5) is 0 Å². The van der Waals surface area contributed by atoms with Crippen LogP contribution in [0.15, 0.2) is 35.8 Å². The number of carboxylic acid groups (broad SMARTS) is 1. The van der Waals surface area contributed by atoms with E-state index in [2.05, 4.69) is 4.98 Å². The fraction of sp³-hybridized carbons (Fsp3) is 0. The maximum absolute atomic E-state index is 11.2. The summed E-state index contributed by atoms with van der Waals surface area (Å²) in [5.74, 6) is -0.998. The van der Waals surface area contributed by atoms with Crippen LogP contribution in [0.3, 0.4) is 0 Å². The van der Waals surface area contributed by atoms with Crippen LogP contribution in [0.2, 0.25) is 5.02 Å². The molecule has 0 spiro atoms. The summed E-state index contributed by atoms with van der Waals surface area (Å²) < 4.78 is 0. The Hall–Kier alpha value is -1.65. The summed E-state index contributed by atoms with van der Waals surface area (Å²) in [5.41, 5.74) is 0.752. The molecule has 0 fully saturated rings. The van der Waals surface area contributed by atoms with E-state index in [1.54, 1.807) is 41.9 Å². The molecule has 2 aromatic rings. The van der Waals surface area contributed by atoms with Crippen LogP contribution in [-0.4, -0.2) is 16.1 Å². The van der Waals surface area contributed by atoms with E-state index in [4.69, 9.17) is 11.6 Å². The summed E-state index contributed by atoms with van der Waals surface area (Å²) in [6.45, 7) is 0. The molecular formula is C12H8ClNO2S. The van der Waals surface area contributed by atoms with Crippen molar-refractivity contribution in [1.82, 2.24) is 4.98 Å². The minimum atomic E-state index is -0.998. The van der Waals surface area contributed by atoms with Crippen LogP contribution in [0.25, 0.3) is 11.6 Å². The predicted octanol–water partition coefficient (Wildman–Crippen LogP) is 3.42. The Morgan fingerprint density at radius 1 is 1.47 bits per heavy atom. The molecule has 0 unspecified atom stereocenters. The highest BCUT2D eigenvalue weighted by molar-refractivity contribution is 7.10. The number of benzene rings is 1. The van der Waals surface area contributed by atoms with Crippen molar-refractivity contribution >= 4 is 40.6 Å². The van der Waals surface area contributed by atoms with Gasteiger partial charge in [0.15, 0.2) is 0 Å². The smallest absolute Gasteiger partial charge is 0.336 e. The van der Waals surface area contributed by atoms with Gasteiger partial charge in [-0.25, -0.2) is 9.78 Å². The third kappa shape index (κ3) is 2.93. The van der Waals surface area contributed by atoms with Gasteiger partial charge in [0.2, 0.25) is 0 Å². The average molecular weight is 266 g/mol. The molecule has 0 bridgehead atoms. The van der Waals surface area contributed by atoms with Crippen LogP contribution < -0.4 is 0 Å². The van der Waals surface area contributed by atoms with Crippen LogP contribution in [-0.2, 0) is 4.79 Å². The molecule has 0 atom stereocenters. The second-order valence-electron chi connectivity index (χ2n) is 3.24. The Morgan fingerprint density at radius 2 is 2.29 bits per heavy atom. The summed E-state index contributed by atoms with van der Waals surface area (Å²) in [6, 6.07) is 6.75. The molecule has 0 aliphatic heterocycles. The lowest BCUT2D eigenvalue weighted by Gasteiger charge is -2.02. The molecule has 1 aromatic carbocycles. The van der Waals surface area contributed by atoms with Crippen molar-refractivity contribution in [3.63, 3.8) is 0 Å². The van der Waals surface area contributed by atoms with Crippen LogP contribution in [0.5, 0.6) is 0 Å². The molecule has 86 valence electrons. The van der Waals surface area contributed by atoms with Crippen LogP contribution in [0, 0.1) is 0 Å². The minimum absolute atomic E-state index is 0.183. The first-order valence-electron chi connectivity index (χ1n) is 4.77. The molecule has 1 heterocycles. The van der Waals surface area contributed by atoms with E-state index >= 15 is 0 Å². The Bertz CT molecular complexity index is 564. The zero-order chi connectivity index (χ0) is 12.3. The van der Waals surface area contributed by atoms with Gasteiger partial charge in [-0.1, -0.05) is 23.7 Å². The zero-order valence-corrected chi connectivity index (χ0v) is 10.2. The van der Waals surface area contributed by atoms with Crippen molar-refractivity contribution in [1.29, 1.82) is 0 Å². The van der Waals surface area contributed by atoms with Gasteiger partial charge in [0, 0.05) is 16.6 Å². The Morgan fingerprint density at radius 3 is 2.88 bits per heavy atom. The molecule has 0 aliphatic carbocycles. The van der Waals surface area contributed by atoms with Gasteiger partial charge in [-0.2, -0.15) is 0 Å². The largest absolute Gasteiger partial charge is 0.478 e. The molecule has 1 aromatic heterocycles. The maximum atomic E-state index is 11.2. The lowest BCUT2D eigenvalue weighted by atomic mass is 10.1. The van der Waals surface area contributed by atoms with E-state index in [0.29, 0.717) is 15.6 Å². The average Bonchev–Trinajstić information content (AvgIpc) is 2.78. The molecule has 17 heavy (non-hydrogen) atoms. The van der Waals surface area contributed by atoms with E-state index in [1.165, 1.54) is 11.3 Å². The van der Waals surface area contributed by atoms with Crippen molar-refractivity contribution in [2.24, 2.45) is 0 Å². The Balaban J connectivity index is 2.46. The number of aromatic nitrogens is 1. The number of carboxylic acids is 1. The molecule has 0 saturated carbocycles. The number of nitrogens with zero attached hydrogens (tertiary/aromatic N) is 1. The molecular weight excluding hydrogens is 258 g/mol. The lowest BCUT2D eigenvalue weighted by Crippen LogP contribution is -1.99. The van der Waals surface area contributed by atoms with Gasteiger partial charge >= 0.3 is 5.97 Å². The number of hydrogen-bond acceptors (Lipinski definition) is 3.